The molecule has 2 heterocycles. The summed E-state index contributed by atoms with van der Waals surface area (Å²) in [6.07, 6.45) is 4.68. The van der Waals surface area contributed by atoms with Gasteiger partial charge >= 0.3 is 0 Å². The van der Waals surface area contributed by atoms with Crippen molar-refractivity contribution in [3.8, 4) is 0 Å². The molecule has 0 radical (unpaired) electrons. The predicted molar refractivity (Wildman–Crippen MR) is 41.0 cm³/mol. The van der Waals surface area contributed by atoms with Gasteiger partial charge in [-0.05, 0) is 19.3 Å². The third-order valence-corrected chi connectivity index (χ3v) is 2.90. The van der Waals surface area contributed by atoms with Crippen LogP contribution in [0.2, 0.25) is 0 Å². The first kappa shape index (κ1) is 7.53. The summed E-state index contributed by atoms with van der Waals surface area (Å²) in [7, 11) is 0. The van der Waals surface area contributed by atoms with E-state index >= 15 is 0 Å². The lowest BCUT2D eigenvalue weighted by molar-refractivity contribution is -0.208. The molecular formula is C8H15NO2. The van der Waals surface area contributed by atoms with Crippen LogP contribution in [-0.2, 0) is 0 Å². The highest BCUT2D eigenvalue weighted by Crippen LogP contribution is 2.30. The molecule has 0 saturated carbocycles. The average molecular weight is 157 g/mol. The highest BCUT2D eigenvalue weighted by Gasteiger charge is 2.41. The molecule has 3 heteroatoms. The van der Waals surface area contributed by atoms with Crippen molar-refractivity contribution in [3.05, 3.63) is 0 Å². The summed E-state index contributed by atoms with van der Waals surface area (Å²) in [6, 6.07) is 0.469. The summed E-state index contributed by atoms with van der Waals surface area (Å²) in [5.41, 5.74) is 0. The van der Waals surface area contributed by atoms with E-state index in [1.54, 1.807) is 0 Å². The second kappa shape index (κ2) is 2.44. The zero-order valence-electron chi connectivity index (χ0n) is 6.58. The lowest BCUT2D eigenvalue weighted by atomic mass is 9.83. The quantitative estimate of drug-likeness (QED) is 0.433. The van der Waals surface area contributed by atoms with Gasteiger partial charge in [0.2, 0.25) is 0 Å². The second-order valence-corrected chi connectivity index (χ2v) is 3.76. The Balaban J connectivity index is 2.09. The Hall–Kier alpha value is -0.120. The van der Waals surface area contributed by atoms with E-state index in [0.717, 1.165) is 19.3 Å². The fraction of sp³-hybridized carbons (Fsp3) is 1.00. The zero-order valence-corrected chi connectivity index (χ0v) is 6.58. The molecule has 2 aliphatic heterocycles. The Labute approximate surface area is 66.4 Å². The van der Waals surface area contributed by atoms with Gasteiger partial charge in [-0.2, -0.15) is 0 Å². The number of hydrogen-bond donors (Lipinski definition) is 3. The van der Waals surface area contributed by atoms with Gasteiger partial charge in [-0.15, -0.1) is 0 Å². The summed E-state index contributed by atoms with van der Waals surface area (Å²) < 4.78 is 0. The molecule has 0 aromatic carbocycles. The molecule has 0 aromatic rings. The number of aliphatic hydroxyl groups is 2. The van der Waals surface area contributed by atoms with Crippen LogP contribution in [0.25, 0.3) is 0 Å². The molecule has 0 amide bonds. The monoisotopic (exact) mass is 157 g/mol. The van der Waals surface area contributed by atoms with Crippen molar-refractivity contribution in [2.45, 2.75) is 50.0 Å². The average Bonchev–Trinajstić information content (AvgIpc) is 2.00. The highest BCUT2D eigenvalue weighted by molar-refractivity contribution is 4.94. The standard InChI is InChI=1S/C8H15NO2/c10-8(11)5-4-6-2-1-3-7(8)9-6/h6-7,9-11H,1-5H2. The molecular weight excluding hydrogens is 142 g/mol. The Morgan fingerprint density at radius 1 is 1.18 bits per heavy atom. The molecule has 0 aromatic heterocycles. The lowest BCUT2D eigenvalue weighted by Crippen LogP contribution is -2.60. The molecule has 0 aliphatic carbocycles. The maximum atomic E-state index is 9.48. The van der Waals surface area contributed by atoms with E-state index in [-0.39, 0.29) is 6.04 Å². The largest absolute Gasteiger partial charge is 0.364 e. The minimum atomic E-state index is -1.43. The Kier molecular flexibility index (Phi) is 1.67. The first-order chi connectivity index (χ1) is 5.18. The maximum absolute atomic E-state index is 9.48. The van der Waals surface area contributed by atoms with Crippen LogP contribution in [0.3, 0.4) is 0 Å². The SMILES string of the molecule is OC1(O)CCC2CCCC1N2. The summed E-state index contributed by atoms with van der Waals surface area (Å²) in [6.45, 7) is 0. The third-order valence-electron chi connectivity index (χ3n) is 2.90. The van der Waals surface area contributed by atoms with Crippen LogP contribution in [0.4, 0.5) is 0 Å². The summed E-state index contributed by atoms with van der Waals surface area (Å²) >= 11 is 0. The van der Waals surface area contributed by atoms with Crippen LogP contribution < -0.4 is 5.32 Å². The van der Waals surface area contributed by atoms with Gasteiger partial charge in [-0.3, -0.25) is 0 Å². The van der Waals surface area contributed by atoms with Crippen molar-refractivity contribution in [2.75, 3.05) is 0 Å². The zero-order chi connectivity index (χ0) is 7.90. The van der Waals surface area contributed by atoms with Gasteiger partial charge in [0.1, 0.15) is 0 Å². The number of piperidine rings is 2. The van der Waals surface area contributed by atoms with Gasteiger partial charge in [0, 0.05) is 12.5 Å². The van der Waals surface area contributed by atoms with Crippen LogP contribution in [0.15, 0.2) is 0 Å². The minimum Gasteiger partial charge on any atom is -0.364 e. The van der Waals surface area contributed by atoms with Crippen molar-refractivity contribution in [2.24, 2.45) is 0 Å². The van der Waals surface area contributed by atoms with Crippen LogP contribution >= 0.6 is 0 Å². The second-order valence-electron chi connectivity index (χ2n) is 3.76. The molecule has 2 saturated heterocycles. The van der Waals surface area contributed by atoms with Gasteiger partial charge in [0.05, 0.1) is 6.04 Å². The fourth-order valence-electron chi connectivity index (χ4n) is 2.17. The molecule has 0 spiro atoms. The van der Waals surface area contributed by atoms with Crippen LogP contribution in [0, 0.1) is 0 Å². The molecule has 2 rings (SSSR count). The Morgan fingerprint density at radius 2 is 2.00 bits per heavy atom. The number of nitrogens with one attached hydrogen (secondary N) is 1. The first-order valence-electron chi connectivity index (χ1n) is 4.39. The summed E-state index contributed by atoms with van der Waals surface area (Å²) in [4.78, 5) is 0. The molecule has 2 fully saturated rings. The van der Waals surface area contributed by atoms with Crippen molar-refractivity contribution in [3.63, 3.8) is 0 Å². The van der Waals surface area contributed by atoms with Crippen molar-refractivity contribution < 1.29 is 10.2 Å². The molecule has 2 bridgehead atoms. The normalized spacial score (nSPS) is 42.0. The van der Waals surface area contributed by atoms with Crippen LogP contribution in [0.1, 0.15) is 32.1 Å². The van der Waals surface area contributed by atoms with Crippen molar-refractivity contribution in [1.82, 2.24) is 5.32 Å². The number of fused-ring (bicyclic) bond motifs is 2. The highest BCUT2D eigenvalue weighted by atomic mass is 16.5. The topological polar surface area (TPSA) is 52.5 Å². The molecule has 11 heavy (non-hydrogen) atoms. The van der Waals surface area contributed by atoms with E-state index in [9.17, 15) is 10.2 Å². The van der Waals surface area contributed by atoms with E-state index in [1.807, 2.05) is 0 Å². The van der Waals surface area contributed by atoms with Gasteiger partial charge in [0.25, 0.3) is 0 Å². The molecule has 2 aliphatic rings. The molecule has 3 N–H and O–H groups in total. The maximum Gasteiger partial charge on any atom is 0.178 e. The number of rotatable bonds is 0. The third kappa shape index (κ3) is 1.28. The van der Waals surface area contributed by atoms with E-state index in [4.69, 9.17) is 0 Å². The van der Waals surface area contributed by atoms with Gasteiger partial charge in [-0.1, -0.05) is 6.42 Å². The van der Waals surface area contributed by atoms with Crippen molar-refractivity contribution in [1.29, 1.82) is 0 Å². The fourth-order valence-corrected chi connectivity index (χ4v) is 2.17. The van der Waals surface area contributed by atoms with E-state index < -0.39 is 5.79 Å². The van der Waals surface area contributed by atoms with Gasteiger partial charge < -0.3 is 15.5 Å². The van der Waals surface area contributed by atoms with Crippen molar-refractivity contribution >= 4 is 0 Å². The molecule has 64 valence electrons. The van der Waals surface area contributed by atoms with Crippen LogP contribution in [0.5, 0.6) is 0 Å². The van der Waals surface area contributed by atoms with Gasteiger partial charge in [-0.25, -0.2) is 0 Å². The summed E-state index contributed by atoms with van der Waals surface area (Å²) in [5.74, 6) is -1.43. The Morgan fingerprint density at radius 3 is 2.73 bits per heavy atom. The minimum absolute atomic E-state index is 0.0741. The predicted octanol–water partition coefficient (Wildman–Crippen LogP) is -0.0282. The number of hydrogen-bond acceptors (Lipinski definition) is 3. The smallest absolute Gasteiger partial charge is 0.178 e. The Bertz CT molecular complexity index is 158. The van der Waals surface area contributed by atoms with E-state index in [0.29, 0.717) is 12.5 Å². The molecule has 2 atom stereocenters. The van der Waals surface area contributed by atoms with E-state index in [1.165, 1.54) is 6.42 Å². The van der Waals surface area contributed by atoms with E-state index in [2.05, 4.69) is 5.32 Å². The lowest BCUT2D eigenvalue weighted by Gasteiger charge is -2.43. The van der Waals surface area contributed by atoms with Gasteiger partial charge in [0.15, 0.2) is 5.79 Å². The summed E-state index contributed by atoms with van der Waals surface area (Å²) in [5, 5.41) is 22.2. The van der Waals surface area contributed by atoms with Crippen LogP contribution in [-0.4, -0.2) is 28.1 Å². The molecule has 3 nitrogen and oxygen atoms in total. The first-order valence-corrected chi connectivity index (χ1v) is 4.39. The molecule has 2 unspecified atom stereocenters.